The van der Waals surface area contributed by atoms with Gasteiger partial charge in [-0.25, -0.2) is 4.98 Å². The molecule has 3 nitrogen and oxygen atoms in total. The lowest BCUT2D eigenvalue weighted by Crippen LogP contribution is -1.96. The lowest BCUT2D eigenvalue weighted by molar-refractivity contribution is 0.414. The molecule has 1 heterocycles. The van der Waals surface area contributed by atoms with E-state index in [1.807, 2.05) is 24.3 Å². The minimum Gasteiger partial charge on any atom is -0.497 e. The summed E-state index contributed by atoms with van der Waals surface area (Å²) in [4.78, 5) is 3.99. The molecular formula is C14H16N2O. The van der Waals surface area contributed by atoms with Gasteiger partial charge in [0.2, 0.25) is 0 Å². The first-order valence-corrected chi connectivity index (χ1v) is 5.53. The van der Waals surface area contributed by atoms with Crippen LogP contribution in [0.25, 0.3) is 0 Å². The zero-order chi connectivity index (χ0) is 12.3. The van der Waals surface area contributed by atoms with Crippen LogP contribution in [0.15, 0.2) is 36.5 Å². The van der Waals surface area contributed by atoms with Crippen molar-refractivity contribution in [1.29, 1.82) is 0 Å². The quantitative estimate of drug-likeness (QED) is 0.878. The van der Waals surface area contributed by atoms with Crippen molar-refractivity contribution in [2.45, 2.75) is 13.3 Å². The number of nitrogens with zero attached hydrogens (tertiary/aromatic N) is 1. The van der Waals surface area contributed by atoms with Crippen LogP contribution in [-0.2, 0) is 6.42 Å². The Balaban J connectivity index is 2.24. The fourth-order valence-electron chi connectivity index (χ4n) is 1.82. The van der Waals surface area contributed by atoms with E-state index in [1.165, 1.54) is 16.7 Å². The van der Waals surface area contributed by atoms with Gasteiger partial charge in [0.15, 0.2) is 0 Å². The number of pyridine rings is 1. The minimum absolute atomic E-state index is 0.564. The third-order valence-corrected chi connectivity index (χ3v) is 2.79. The Morgan fingerprint density at radius 3 is 2.71 bits per heavy atom. The number of rotatable bonds is 3. The van der Waals surface area contributed by atoms with Crippen molar-refractivity contribution in [2.75, 3.05) is 12.8 Å². The smallest absolute Gasteiger partial charge is 0.123 e. The van der Waals surface area contributed by atoms with Gasteiger partial charge in [0, 0.05) is 6.20 Å². The second-order valence-corrected chi connectivity index (χ2v) is 4.06. The zero-order valence-electron chi connectivity index (χ0n) is 10.1. The standard InChI is InChI=1S/C14H16N2O/c1-10-7-13(17-2)4-3-12(10)8-11-5-6-16-14(15)9-11/h3-7,9H,8H2,1-2H3,(H2,15,16). The summed E-state index contributed by atoms with van der Waals surface area (Å²) in [6.45, 7) is 2.09. The number of nitrogens with two attached hydrogens (primary N) is 1. The van der Waals surface area contributed by atoms with Gasteiger partial charge < -0.3 is 10.5 Å². The first kappa shape index (κ1) is 11.5. The Bertz CT molecular complexity index is 523. The van der Waals surface area contributed by atoms with Crippen molar-refractivity contribution < 1.29 is 4.74 Å². The summed E-state index contributed by atoms with van der Waals surface area (Å²) in [5.74, 6) is 1.45. The minimum atomic E-state index is 0.564. The van der Waals surface area contributed by atoms with Crippen LogP contribution in [0.1, 0.15) is 16.7 Å². The molecule has 0 aliphatic rings. The Morgan fingerprint density at radius 1 is 1.24 bits per heavy atom. The molecular weight excluding hydrogens is 212 g/mol. The molecule has 0 spiro atoms. The van der Waals surface area contributed by atoms with E-state index >= 15 is 0 Å². The van der Waals surface area contributed by atoms with Crippen LogP contribution in [-0.4, -0.2) is 12.1 Å². The van der Waals surface area contributed by atoms with Gasteiger partial charge in [-0.05, 0) is 54.3 Å². The lowest BCUT2D eigenvalue weighted by Gasteiger charge is -2.08. The molecule has 0 amide bonds. The summed E-state index contributed by atoms with van der Waals surface area (Å²) in [7, 11) is 1.68. The molecule has 2 N–H and O–H groups in total. The number of nitrogen functional groups attached to an aromatic ring is 1. The van der Waals surface area contributed by atoms with Gasteiger partial charge in [-0.15, -0.1) is 0 Å². The molecule has 2 rings (SSSR count). The summed E-state index contributed by atoms with van der Waals surface area (Å²) in [5, 5.41) is 0. The molecule has 0 unspecified atom stereocenters. The molecule has 3 heteroatoms. The third-order valence-electron chi connectivity index (χ3n) is 2.79. The molecule has 0 aliphatic carbocycles. The zero-order valence-corrected chi connectivity index (χ0v) is 10.1. The number of benzene rings is 1. The maximum Gasteiger partial charge on any atom is 0.123 e. The molecule has 0 atom stereocenters. The molecule has 0 fully saturated rings. The van der Waals surface area contributed by atoms with Crippen molar-refractivity contribution in [2.24, 2.45) is 0 Å². The molecule has 0 saturated carbocycles. The Hall–Kier alpha value is -2.03. The fourth-order valence-corrected chi connectivity index (χ4v) is 1.82. The molecule has 0 aliphatic heterocycles. The molecule has 1 aromatic carbocycles. The van der Waals surface area contributed by atoms with Crippen LogP contribution >= 0.6 is 0 Å². The first-order chi connectivity index (χ1) is 8.19. The molecule has 17 heavy (non-hydrogen) atoms. The van der Waals surface area contributed by atoms with Gasteiger partial charge in [-0.2, -0.15) is 0 Å². The highest BCUT2D eigenvalue weighted by molar-refractivity contribution is 5.40. The lowest BCUT2D eigenvalue weighted by atomic mass is 10.0. The number of hydrogen-bond donors (Lipinski definition) is 1. The number of aromatic nitrogens is 1. The van der Waals surface area contributed by atoms with Crippen LogP contribution in [0.3, 0.4) is 0 Å². The number of anilines is 1. The van der Waals surface area contributed by atoms with Crippen molar-refractivity contribution in [1.82, 2.24) is 4.98 Å². The van der Waals surface area contributed by atoms with Crippen LogP contribution in [0.4, 0.5) is 5.82 Å². The van der Waals surface area contributed by atoms with Crippen molar-refractivity contribution in [3.63, 3.8) is 0 Å². The molecule has 0 radical (unpaired) electrons. The van der Waals surface area contributed by atoms with E-state index in [-0.39, 0.29) is 0 Å². The highest BCUT2D eigenvalue weighted by Gasteiger charge is 2.02. The number of ether oxygens (including phenoxy) is 1. The summed E-state index contributed by atoms with van der Waals surface area (Å²) in [6, 6.07) is 10.0. The van der Waals surface area contributed by atoms with Crippen LogP contribution < -0.4 is 10.5 Å². The van der Waals surface area contributed by atoms with Crippen LogP contribution in [0.2, 0.25) is 0 Å². The van der Waals surface area contributed by atoms with E-state index in [4.69, 9.17) is 10.5 Å². The topological polar surface area (TPSA) is 48.1 Å². The average Bonchev–Trinajstić information content (AvgIpc) is 2.32. The Kier molecular flexibility index (Phi) is 3.28. The van der Waals surface area contributed by atoms with Crippen LogP contribution in [0, 0.1) is 6.92 Å². The van der Waals surface area contributed by atoms with E-state index < -0.39 is 0 Å². The predicted octanol–water partition coefficient (Wildman–Crippen LogP) is 2.57. The van der Waals surface area contributed by atoms with Gasteiger partial charge in [-0.3, -0.25) is 0 Å². The molecule has 0 saturated heterocycles. The molecule has 2 aromatic rings. The highest BCUT2D eigenvalue weighted by atomic mass is 16.5. The normalized spacial score (nSPS) is 10.2. The maximum absolute atomic E-state index is 5.66. The largest absolute Gasteiger partial charge is 0.497 e. The highest BCUT2D eigenvalue weighted by Crippen LogP contribution is 2.19. The Morgan fingerprint density at radius 2 is 2.06 bits per heavy atom. The second kappa shape index (κ2) is 4.87. The maximum atomic E-state index is 5.66. The van der Waals surface area contributed by atoms with Crippen molar-refractivity contribution in [3.8, 4) is 5.75 Å². The van der Waals surface area contributed by atoms with E-state index in [0.717, 1.165) is 12.2 Å². The average molecular weight is 228 g/mol. The summed E-state index contributed by atoms with van der Waals surface area (Å²) in [6.07, 6.45) is 2.60. The van der Waals surface area contributed by atoms with Crippen molar-refractivity contribution >= 4 is 5.82 Å². The predicted molar refractivity (Wildman–Crippen MR) is 69.2 cm³/mol. The molecule has 0 bridgehead atoms. The van der Waals surface area contributed by atoms with Gasteiger partial charge in [-0.1, -0.05) is 6.07 Å². The van der Waals surface area contributed by atoms with Gasteiger partial charge in [0.1, 0.15) is 11.6 Å². The fraction of sp³-hybridized carbons (Fsp3) is 0.214. The SMILES string of the molecule is COc1ccc(Cc2ccnc(N)c2)c(C)c1. The van der Waals surface area contributed by atoms with E-state index in [9.17, 15) is 0 Å². The number of methoxy groups -OCH3 is 1. The summed E-state index contributed by atoms with van der Waals surface area (Å²) >= 11 is 0. The second-order valence-electron chi connectivity index (χ2n) is 4.06. The van der Waals surface area contributed by atoms with E-state index in [2.05, 4.69) is 18.0 Å². The van der Waals surface area contributed by atoms with Crippen LogP contribution in [0.5, 0.6) is 5.75 Å². The molecule has 88 valence electrons. The van der Waals surface area contributed by atoms with E-state index in [0.29, 0.717) is 5.82 Å². The van der Waals surface area contributed by atoms with E-state index in [1.54, 1.807) is 13.3 Å². The van der Waals surface area contributed by atoms with Crippen molar-refractivity contribution in [3.05, 3.63) is 53.2 Å². The van der Waals surface area contributed by atoms with Gasteiger partial charge >= 0.3 is 0 Å². The van der Waals surface area contributed by atoms with Gasteiger partial charge in [0.25, 0.3) is 0 Å². The first-order valence-electron chi connectivity index (χ1n) is 5.53. The molecule has 1 aromatic heterocycles. The third kappa shape index (κ3) is 2.75. The Labute approximate surface area is 101 Å². The van der Waals surface area contributed by atoms with Gasteiger partial charge in [0.05, 0.1) is 7.11 Å². The number of aryl methyl sites for hydroxylation is 1. The summed E-state index contributed by atoms with van der Waals surface area (Å²) < 4.78 is 5.19. The summed E-state index contributed by atoms with van der Waals surface area (Å²) in [5.41, 5.74) is 9.33. The number of hydrogen-bond acceptors (Lipinski definition) is 3. The monoisotopic (exact) mass is 228 g/mol.